The smallest absolute Gasteiger partial charge is 0.224 e. The zero-order valence-corrected chi connectivity index (χ0v) is 13.7. The van der Waals surface area contributed by atoms with E-state index in [2.05, 4.69) is 21.2 Å². The van der Waals surface area contributed by atoms with E-state index in [1.165, 1.54) is 0 Å². The maximum Gasteiger partial charge on any atom is 0.224 e. The number of carbonyl (C=O) groups is 2. The molecule has 0 spiro atoms. The molecule has 1 N–H and O–H groups in total. The molecular weight excluding hydrogens is 332 g/mol. The molecule has 0 aromatic heterocycles. The van der Waals surface area contributed by atoms with E-state index in [-0.39, 0.29) is 11.8 Å². The molecular formula is C16H21BrN2O2. The van der Waals surface area contributed by atoms with Crippen LogP contribution < -0.4 is 5.32 Å². The molecule has 1 aromatic carbocycles. The summed E-state index contributed by atoms with van der Waals surface area (Å²) in [6.45, 7) is 2.18. The molecule has 0 radical (unpaired) electrons. The maximum absolute atomic E-state index is 11.8. The van der Waals surface area contributed by atoms with Gasteiger partial charge in [0.05, 0.1) is 0 Å². The Balaban J connectivity index is 1.62. The number of nitrogens with zero attached hydrogens (tertiary/aromatic N) is 1. The van der Waals surface area contributed by atoms with Crippen molar-refractivity contribution in [3.63, 3.8) is 0 Å². The Morgan fingerprint density at radius 2 is 1.95 bits per heavy atom. The van der Waals surface area contributed by atoms with E-state index >= 15 is 0 Å². The normalized spacial score (nSPS) is 14.2. The second-order valence-electron chi connectivity index (χ2n) is 5.32. The molecule has 1 aliphatic heterocycles. The lowest BCUT2D eigenvalue weighted by molar-refractivity contribution is -0.130. The highest BCUT2D eigenvalue weighted by atomic mass is 79.9. The standard InChI is InChI=1S/C16H21BrN2O2/c17-14-5-3-4-13(12-14)6-7-15(20)18-9-8-16(21)19-10-1-2-11-19/h3-5,12H,1-2,6-11H2,(H,18,20). The van der Waals surface area contributed by atoms with Gasteiger partial charge in [0, 0.05) is 36.9 Å². The van der Waals surface area contributed by atoms with Crippen molar-refractivity contribution >= 4 is 27.7 Å². The Bertz CT molecular complexity index is 499. The number of carbonyl (C=O) groups excluding carboxylic acids is 2. The Hall–Kier alpha value is -1.36. The van der Waals surface area contributed by atoms with Crippen LogP contribution in [-0.2, 0) is 16.0 Å². The lowest BCUT2D eigenvalue weighted by Gasteiger charge is -2.15. The summed E-state index contributed by atoms with van der Waals surface area (Å²) in [7, 11) is 0. The van der Waals surface area contributed by atoms with Gasteiger partial charge in [-0.05, 0) is 37.0 Å². The fourth-order valence-electron chi connectivity index (χ4n) is 2.47. The second kappa shape index (κ2) is 8.17. The van der Waals surface area contributed by atoms with Crippen LogP contribution in [0.25, 0.3) is 0 Å². The average Bonchev–Trinajstić information content (AvgIpc) is 2.99. The summed E-state index contributed by atoms with van der Waals surface area (Å²) >= 11 is 3.42. The van der Waals surface area contributed by atoms with Crippen molar-refractivity contribution < 1.29 is 9.59 Å². The van der Waals surface area contributed by atoms with Gasteiger partial charge in [-0.15, -0.1) is 0 Å². The number of benzene rings is 1. The van der Waals surface area contributed by atoms with E-state index in [1.807, 2.05) is 29.2 Å². The highest BCUT2D eigenvalue weighted by Gasteiger charge is 2.17. The van der Waals surface area contributed by atoms with Crippen molar-refractivity contribution in [2.45, 2.75) is 32.1 Å². The summed E-state index contributed by atoms with van der Waals surface area (Å²) < 4.78 is 1.02. The first kappa shape index (κ1) is 16.0. The topological polar surface area (TPSA) is 49.4 Å². The largest absolute Gasteiger partial charge is 0.356 e. The summed E-state index contributed by atoms with van der Waals surface area (Å²) in [4.78, 5) is 25.5. The highest BCUT2D eigenvalue weighted by molar-refractivity contribution is 9.10. The molecule has 0 bridgehead atoms. The predicted octanol–water partition coefficient (Wildman–Crippen LogP) is 2.51. The Morgan fingerprint density at radius 3 is 2.67 bits per heavy atom. The van der Waals surface area contributed by atoms with E-state index in [0.717, 1.165) is 36.0 Å². The van der Waals surface area contributed by atoms with Crippen molar-refractivity contribution in [3.05, 3.63) is 34.3 Å². The number of nitrogens with one attached hydrogen (secondary N) is 1. The third-order valence-electron chi connectivity index (χ3n) is 3.65. The van der Waals surface area contributed by atoms with Crippen LogP contribution in [0.1, 0.15) is 31.2 Å². The van der Waals surface area contributed by atoms with Crippen molar-refractivity contribution in [3.8, 4) is 0 Å². The Labute approximate surface area is 134 Å². The first-order valence-electron chi connectivity index (χ1n) is 7.44. The quantitative estimate of drug-likeness (QED) is 0.854. The minimum Gasteiger partial charge on any atom is -0.356 e. The SMILES string of the molecule is O=C(CCc1cccc(Br)c1)NCCC(=O)N1CCCC1. The number of amides is 2. The number of aryl methyl sites for hydroxylation is 1. The summed E-state index contributed by atoms with van der Waals surface area (Å²) in [5.41, 5.74) is 1.13. The van der Waals surface area contributed by atoms with Gasteiger partial charge in [-0.2, -0.15) is 0 Å². The van der Waals surface area contributed by atoms with Crippen LogP contribution in [0.2, 0.25) is 0 Å². The molecule has 21 heavy (non-hydrogen) atoms. The number of hydrogen-bond acceptors (Lipinski definition) is 2. The zero-order valence-electron chi connectivity index (χ0n) is 12.1. The third kappa shape index (κ3) is 5.50. The Morgan fingerprint density at radius 1 is 1.19 bits per heavy atom. The van der Waals surface area contributed by atoms with Gasteiger partial charge in [-0.1, -0.05) is 28.1 Å². The van der Waals surface area contributed by atoms with Crippen LogP contribution in [0.5, 0.6) is 0 Å². The molecule has 0 aliphatic carbocycles. The number of rotatable bonds is 6. The van der Waals surface area contributed by atoms with Gasteiger partial charge in [-0.25, -0.2) is 0 Å². The number of halogens is 1. The molecule has 0 atom stereocenters. The maximum atomic E-state index is 11.8. The minimum absolute atomic E-state index is 0.00389. The van der Waals surface area contributed by atoms with Gasteiger partial charge < -0.3 is 10.2 Å². The van der Waals surface area contributed by atoms with Crippen LogP contribution in [0.4, 0.5) is 0 Å². The van der Waals surface area contributed by atoms with Crippen molar-refractivity contribution in [1.82, 2.24) is 10.2 Å². The van der Waals surface area contributed by atoms with Crippen LogP contribution >= 0.6 is 15.9 Å². The van der Waals surface area contributed by atoms with E-state index in [0.29, 0.717) is 25.8 Å². The first-order chi connectivity index (χ1) is 10.1. The van der Waals surface area contributed by atoms with Crippen LogP contribution in [-0.4, -0.2) is 36.3 Å². The van der Waals surface area contributed by atoms with E-state index < -0.39 is 0 Å². The van der Waals surface area contributed by atoms with Crippen LogP contribution in [0.15, 0.2) is 28.7 Å². The molecule has 0 saturated carbocycles. The molecule has 0 unspecified atom stereocenters. The summed E-state index contributed by atoms with van der Waals surface area (Å²) in [6.07, 6.45) is 3.78. The zero-order chi connectivity index (χ0) is 15.1. The highest BCUT2D eigenvalue weighted by Crippen LogP contribution is 2.13. The van der Waals surface area contributed by atoms with E-state index in [4.69, 9.17) is 0 Å². The molecule has 1 fully saturated rings. The van der Waals surface area contributed by atoms with E-state index in [1.54, 1.807) is 0 Å². The lowest BCUT2D eigenvalue weighted by atomic mass is 10.1. The molecule has 1 aromatic rings. The molecule has 114 valence electrons. The number of hydrogen-bond donors (Lipinski definition) is 1. The summed E-state index contributed by atoms with van der Waals surface area (Å²) in [5, 5.41) is 2.82. The van der Waals surface area contributed by atoms with E-state index in [9.17, 15) is 9.59 Å². The summed E-state index contributed by atoms with van der Waals surface area (Å²) in [6, 6.07) is 7.96. The van der Waals surface area contributed by atoms with Gasteiger partial charge in [0.15, 0.2) is 0 Å². The van der Waals surface area contributed by atoms with Gasteiger partial charge in [0.25, 0.3) is 0 Å². The summed E-state index contributed by atoms with van der Waals surface area (Å²) in [5.74, 6) is 0.156. The molecule has 1 heterocycles. The minimum atomic E-state index is 0.00389. The Kier molecular flexibility index (Phi) is 6.23. The van der Waals surface area contributed by atoms with Crippen molar-refractivity contribution in [1.29, 1.82) is 0 Å². The van der Waals surface area contributed by atoms with Crippen LogP contribution in [0.3, 0.4) is 0 Å². The van der Waals surface area contributed by atoms with Gasteiger partial charge >= 0.3 is 0 Å². The molecule has 4 nitrogen and oxygen atoms in total. The molecule has 1 aliphatic rings. The molecule has 1 saturated heterocycles. The lowest BCUT2D eigenvalue weighted by Crippen LogP contribution is -2.32. The number of likely N-dealkylation sites (tertiary alicyclic amines) is 1. The fourth-order valence-corrected chi connectivity index (χ4v) is 2.92. The second-order valence-corrected chi connectivity index (χ2v) is 6.23. The van der Waals surface area contributed by atoms with Crippen molar-refractivity contribution in [2.75, 3.05) is 19.6 Å². The molecule has 2 amide bonds. The monoisotopic (exact) mass is 352 g/mol. The van der Waals surface area contributed by atoms with Gasteiger partial charge in [0.1, 0.15) is 0 Å². The predicted molar refractivity (Wildman–Crippen MR) is 85.9 cm³/mol. The molecule has 5 heteroatoms. The van der Waals surface area contributed by atoms with Gasteiger partial charge in [0.2, 0.25) is 11.8 Å². The van der Waals surface area contributed by atoms with Crippen molar-refractivity contribution in [2.24, 2.45) is 0 Å². The van der Waals surface area contributed by atoms with Gasteiger partial charge in [-0.3, -0.25) is 9.59 Å². The fraction of sp³-hybridized carbons (Fsp3) is 0.500. The first-order valence-corrected chi connectivity index (χ1v) is 8.23. The van der Waals surface area contributed by atoms with Crippen LogP contribution in [0, 0.1) is 0 Å². The average molecular weight is 353 g/mol. The molecule has 2 rings (SSSR count). The third-order valence-corrected chi connectivity index (χ3v) is 4.14.